The van der Waals surface area contributed by atoms with Gasteiger partial charge in [0.1, 0.15) is 5.82 Å². The first-order valence-corrected chi connectivity index (χ1v) is 6.67. The third-order valence-corrected chi connectivity index (χ3v) is 3.20. The quantitative estimate of drug-likeness (QED) is 0.816. The van der Waals surface area contributed by atoms with E-state index in [9.17, 15) is 9.18 Å². The molecular formula is C17H18FNO. The number of carbonyl (C=O) groups is 1. The first-order valence-electron chi connectivity index (χ1n) is 6.67. The van der Waals surface area contributed by atoms with E-state index in [-0.39, 0.29) is 11.7 Å². The zero-order valence-corrected chi connectivity index (χ0v) is 11.6. The molecule has 0 radical (unpaired) electrons. The highest BCUT2D eigenvalue weighted by atomic mass is 19.1. The van der Waals surface area contributed by atoms with Crippen molar-refractivity contribution in [3.05, 3.63) is 71.5 Å². The molecule has 3 heteroatoms. The second-order valence-corrected chi connectivity index (χ2v) is 4.87. The molecule has 1 amide bonds. The SMILES string of the molecule is CN(Cc1ccccc1)C(=O)CCc1cccc(F)c1. The van der Waals surface area contributed by atoms with Crippen LogP contribution in [0.3, 0.4) is 0 Å². The van der Waals surface area contributed by atoms with E-state index >= 15 is 0 Å². The third kappa shape index (κ3) is 4.19. The van der Waals surface area contributed by atoms with Gasteiger partial charge in [0.2, 0.25) is 5.91 Å². The Balaban J connectivity index is 1.85. The van der Waals surface area contributed by atoms with Gasteiger partial charge in [0.15, 0.2) is 0 Å². The maximum Gasteiger partial charge on any atom is 0.222 e. The predicted octanol–water partition coefficient (Wildman–Crippen LogP) is 3.42. The summed E-state index contributed by atoms with van der Waals surface area (Å²) in [7, 11) is 1.79. The van der Waals surface area contributed by atoms with Gasteiger partial charge in [-0.2, -0.15) is 0 Å². The Morgan fingerprint density at radius 1 is 1.05 bits per heavy atom. The number of hydrogen-bond acceptors (Lipinski definition) is 1. The normalized spacial score (nSPS) is 10.3. The molecule has 0 bridgehead atoms. The Morgan fingerprint density at radius 3 is 2.45 bits per heavy atom. The molecule has 104 valence electrons. The highest BCUT2D eigenvalue weighted by Crippen LogP contribution is 2.09. The summed E-state index contributed by atoms with van der Waals surface area (Å²) in [5.41, 5.74) is 1.96. The van der Waals surface area contributed by atoms with Crippen LogP contribution in [0.15, 0.2) is 54.6 Å². The smallest absolute Gasteiger partial charge is 0.222 e. The van der Waals surface area contributed by atoms with Gasteiger partial charge in [-0.1, -0.05) is 42.5 Å². The lowest BCUT2D eigenvalue weighted by atomic mass is 10.1. The molecule has 0 aliphatic rings. The minimum Gasteiger partial charge on any atom is -0.341 e. The maximum atomic E-state index is 13.0. The standard InChI is InChI=1S/C17H18FNO/c1-19(13-15-6-3-2-4-7-15)17(20)11-10-14-8-5-9-16(18)12-14/h2-9,12H,10-11,13H2,1H3. The Bertz CT molecular complexity index is 568. The minimum atomic E-state index is -0.257. The van der Waals surface area contributed by atoms with Gasteiger partial charge in [0.25, 0.3) is 0 Å². The van der Waals surface area contributed by atoms with Crippen LogP contribution in [0.1, 0.15) is 17.5 Å². The second kappa shape index (κ2) is 6.85. The zero-order chi connectivity index (χ0) is 14.4. The Hall–Kier alpha value is -2.16. The summed E-state index contributed by atoms with van der Waals surface area (Å²) in [6, 6.07) is 16.3. The number of amides is 1. The molecule has 0 heterocycles. The minimum absolute atomic E-state index is 0.0677. The first-order chi connectivity index (χ1) is 9.65. The van der Waals surface area contributed by atoms with E-state index in [0.29, 0.717) is 19.4 Å². The van der Waals surface area contributed by atoms with Crippen LogP contribution in [0.4, 0.5) is 4.39 Å². The molecule has 2 rings (SSSR count). The van der Waals surface area contributed by atoms with Crippen LogP contribution in [0, 0.1) is 5.82 Å². The Labute approximate surface area is 118 Å². The summed E-state index contributed by atoms with van der Waals surface area (Å²) in [5, 5.41) is 0. The van der Waals surface area contributed by atoms with E-state index in [0.717, 1.165) is 11.1 Å². The monoisotopic (exact) mass is 271 g/mol. The molecule has 20 heavy (non-hydrogen) atoms. The molecule has 2 nitrogen and oxygen atoms in total. The van der Waals surface area contributed by atoms with Crippen LogP contribution in [0.5, 0.6) is 0 Å². The van der Waals surface area contributed by atoms with Crippen LogP contribution in [-0.2, 0) is 17.8 Å². The molecule has 0 aromatic heterocycles. The van der Waals surface area contributed by atoms with Crippen LogP contribution in [0.25, 0.3) is 0 Å². The Kier molecular flexibility index (Phi) is 4.88. The van der Waals surface area contributed by atoms with Crippen LogP contribution in [-0.4, -0.2) is 17.9 Å². The summed E-state index contributed by atoms with van der Waals surface area (Å²) in [5.74, 6) is -0.189. The molecule has 0 atom stereocenters. The summed E-state index contributed by atoms with van der Waals surface area (Å²) in [6.07, 6.45) is 0.961. The molecule has 0 saturated carbocycles. The average Bonchev–Trinajstić information content (AvgIpc) is 2.46. The van der Waals surface area contributed by atoms with Crippen molar-refractivity contribution < 1.29 is 9.18 Å². The lowest BCUT2D eigenvalue weighted by molar-refractivity contribution is -0.130. The van der Waals surface area contributed by atoms with Crippen molar-refractivity contribution in [3.63, 3.8) is 0 Å². The molecule has 0 spiro atoms. The van der Waals surface area contributed by atoms with Crippen molar-refractivity contribution in [1.29, 1.82) is 0 Å². The average molecular weight is 271 g/mol. The molecule has 0 aliphatic carbocycles. The fourth-order valence-electron chi connectivity index (χ4n) is 2.08. The number of carbonyl (C=O) groups excluding carboxylic acids is 1. The van der Waals surface area contributed by atoms with Crippen molar-refractivity contribution >= 4 is 5.91 Å². The fraction of sp³-hybridized carbons (Fsp3) is 0.235. The van der Waals surface area contributed by atoms with E-state index < -0.39 is 0 Å². The van der Waals surface area contributed by atoms with Crippen LogP contribution in [0.2, 0.25) is 0 Å². The van der Waals surface area contributed by atoms with Crippen molar-refractivity contribution in [1.82, 2.24) is 4.90 Å². The molecule has 0 saturated heterocycles. The lowest BCUT2D eigenvalue weighted by Crippen LogP contribution is -2.26. The van der Waals surface area contributed by atoms with Crippen LogP contribution >= 0.6 is 0 Å². The third-order valence-electron chi connectivity index (χ3n) is 3.20. The van der Waals surface area contributed by atoms with E-state index in [1.54, 1.807) is 18.0 Å². The maximum absolute atomic E-state index is 13.0. The number of hydrogen-bond donors (Lipinski definition) is 0. The van der Waals surface area contributed by atoms with Gasteiger partial charge in [0, 0.05) is 20.0 Å². The summed E-state index contributed by atoms with van der Waals surface area (Å²) >= 11 is 0. The summed E-state index contributed by atoms with van der Waals surface area (Å²) in [4.78, 5) is 13.7. The van der Waals surface area contributed by atoms with Gasteiger partial charge in [-0.15, -0.1) is 0 Å². The lowest BCUT2D eigenvalue weighted by Gasteiger charge is -2.17. The summed E-state index contributed by atoms with van der Waals surface area (Å²) < 4.78 is 13.0. The van der Waals surface area contributed by atoms with E-state index in [4.69, 9.17) is 0 Å². The van der Waals surface area contributed by atoms with Crippen LogP contribution < -0.4 is 0 Å². The topological polar surface area (TPSA) is 20.3 Å². The molecule has 2 aromatic rings. The second-order valence-electron chi connectivity index (χ2n) is 4.87. The number of nitrogens with zero attached hydrogens (tertiary/aromatic N) is 1. The molecule has 2 aromatic carbocycles. The van der Waals surface area contributed by atoms with Crippen molar-refractivity contribution in [2.24, 2.45) is 0 Å². The summed E-state index contributed by atoms with van der Waals surface area (Å²) in [6.45, 7) is 0.600. The highest BCUT2D eigenvalue weighted by molar-refractivity contribution is 5.76. The van der Waals surface area contributed by atoms with Gasteiger partial charge in [-0.3, -0.25) is 4.79 Å². The van der Waals surface area contributed by atoms with Crippen molar-refractivity contribution in [2.45, 2.75) is 19.4 Å². The molecular weight excluding hydrogens is 253 g/mol. The number of halogens is 1. The number of rotatable bonds is 5. The van der Waals surface area contributed by atoms with E-state index in [1.165, 1.54) is 12.1 Å². The van der Waals surface area contributed by atoms with E-state index in [2.05, 4.69) is 0 Å². The van der Waals surface area contributed by atoms with Gasteiger partial charge < -0.3 is 4.90 Å². The molecule has 0 fully saturated rings. The number of aryl methyl sites for hydroxylation is 1. The first kappa shape index (κ1) is 14.3. The van der Waals surface area contributed by atoms with Gasteiger partial charge in [-0.05, 0) is 29.7 Å². The van der Waals surface area contributed by atoms with Gasteiger partial charge in [0.05, 0.1) is 0 Å². The zero-order valence-electron chi connectivity index (χ0n) is 11.6. The molecule has 0 N–H and O–H groups in total. The highest BCUT2D eigenvalue weighted by Gasteiger charge is 2.09. The predicted molar refractivity (Wildman–Crippen MR) is 77.6 cm³/mol. The fourth-order valence-corrected chi connectivity index (χ4v) is 2.08. The van der Waals surface area contributed by atoms with Gasteiger partial charge >= 0.3 is 0 Å². The van der Waals surface area contributed by atoms with Gasteiger partial charge in [-0.25, -0.2) is 4.39 Å². The van der Waals surface area contributed by atoms with Crippen molar-refractivity contribution in [3.8, 4) is 0 Å². The number of benzene rings is 2. The van der Waals surface area contributed by atoms with E-state index in [1.807, 2.05) is 36.4 Å². The Morgan fingerprint density at radius 2 is 1.75 bits per heavy atom. The molecule has 0 unspecified atom stereocenters. The molecule has 0 aliphatic heterocycles. The largest absolute Gasteiger partial charge is 0.341 e. The van der Waals surface area contributed by atoms with Crippen molar-refractivity contribution in [2.75, 3.05) is 7.05 Å².